The Morgan fingerprint density at radius 3 is 2.70 bits per heavy atom. The van der Waals surface area contributed by atoms with Crippen molar-refractivity contribution < 1.29 is 4.79 Å². The van der Waals surface area contributed by atoms with Crippen LogP contribution >= 0.6 is 11.8 Å². The average molecular weight is 333 g/mol. The van der Waals surface area contributed by atoms with Gasteiger partial charge < -0.3 is 4.57 Å². The van der Waals surface area contributed by atoms with Gasteiger partial charge >= 0.3 is 0 Å². The fraction of sp³-hybridized carbons (Fsp3) is 0.625. The third-order valence-electron chi connectivity index (χ3n) is 4.79. The lowest BCUT2D eigenvalue weighted by molar-refractivity contribution is 0.102. The van der Waals surface area contributed by atoms with Gasteiger partial charge in [0.2, 0.25) is 5.16 Å². The summed E-state index contributed by atoms with van der Waals surface area (Å²) in [5.74, 6) is 0.506. The number of aryl methyl sites for hydroxylation is 1. The topological polar surface area (TPSA) is 65.6 Å². The second-order valence-corrected chi connectivity index (χ2v) is 7.20. The minimum atomic E-state index is 0.134. The summed E-state index contributed by atoms with van der Waals surface area (Å²) in [6, 6.07) is 2.35. The zero-order valence-electron chi connectivity index (χ0n) is 13.9. The first-order chi connectivity index (χ1) is 11.1. The molecule has 124 valence electrons. The summed E-state index contributed by atoms with van der Waals surface area (Å²) < 4.78 is 3.96. The van der Waals surface area contributed by atoms with Gasteiger partial charge in [-0.15, -0.1) is 5.10 Å². The number of tetrazole rings is 1. The molecule has 0 amide bonds. The largest absolute Gasteiger partial charge is 0.351 e. The number of carbonyl (C=O) groups excluding carboxylic acids is 1. The summed E-state index contributed by atoms with van der Waals surface area (Å²) in [5.41, 5.74) is 2.91. The van der Waals surface area contributed by atoms with Gasteiger partial charge in [0.25, 0.3) is 0 Å². The highest BCUT2D eigenvalue weighted by Crippen LogP contribution is 2.30. The van der Waals surface area contributed by atoms with E-state index in [-0.39, 0.29) is 5.78 Å². The second kappa shape index (κ2) is 6.86. The molecule has 0 spiro atoms. The Kier molecular flexibility index (Phi) is 4.84. The van der Waals surface area contributed by atoms with E-state index >= 15 is 0 Å². The molecule has 3 rings (SSSR count). The standard InChI is InChI=1S/C16H23N5OS/c1-11-9-14(12(2)20(11)3)15(22)10-23-16-17-18-19-21(16)13-7-5-4-6-8-13/h9,13H,4-8,10H2,1-3H3. The highest BCUT2D eigenvalue weighted by molar-refractivity contribution is 7.99. The molecule has 0 aliphatic heterocycles. The van der Waals surface area contributed by atoms with Crippen molar-refractivity contribution in [3.63, 3.8) is 0 Å². The predicted octanol–water partition coefficient (Wildman–Crippen LogP) is 3.11. The third kappa shape index (κ3) is 3.34. The van der Waals surface area contributed by atoms with Gasteiger partial charge in [-0.05, 0) is 43.2 Å². The average Bonchev–Trinajstić information content (AvgIpc) is 3.14. The molecule has 2 aromatic rings. The van der Waals surface area contributed by atoms with Gasteiger partial charge in [-0.1, -0.05) is 31.0 Å². The van der Waals surface area contributed by atoms with Crippen molar-refractivity contribution in [1.82, 2.24) is 24.8 Å². The molecule has 1 aliphatic carbocycles. The van der Waals surface area contributed by atoms with Crippen LogP contribution in [0.5, 0.6) is 0 Å². The van der Waals surface area contributed by atoms with Crippen LogP contribution in [0.15, 0.2) is 11.2 Å². The molecular formula is C16H23N5OS. The number of hydrogen-bond donors (Lipinski definition) is 0. The Hall–Kier alpha value is -1.63. The van der Waals surface area contributed by atoms with Crippen LogP contribution in [0.2, 0.25) is 0 Å². The van der Waals surface area contributed by atoms with E-state index in [9.17, 15) is 4.79 Å². The number of thioether (sulfide) groups is 1. The Labute approximate surface area is 140 Å². The molecule has 1 aliphatic rings. The normalized spacial score (nSPS) is 16.0. The Morgan fingerprint density at radius 2 is 2.04 bits per heavy atom. The number of hydrogen-bond acceptors (Lipinski definition) is 5. The lowest BCUT2D eigenvalue weighted by Crippen LogP contribution is -2.16. The zero-order valence-corrected chi connectivity index (χ0v) is 14.8. The number of aromatic nitrogens is 5. The van der Waals surface area contributed by atoms with Gasteiger partial charge in [0.1, 0.15) is 0 Å². The van der Waals surface area contributed by atoms with Crippen LogP contribution < -0.4 is 0 Å². The summed E-state index contributed by atoms with van der Waals surface area (Å²) in [6.45, 7) is 4.00. The first-order valence-corrected chi connectivity index (χ1v) is 9.13. The molecule has 0 bridgehead atoms. The van der Waals surface area contributed by atoms with Crippen LogP contribution in [-0.2, 0) is 7.05 Å². The Bertz CT molecular complexity index is 699. The lowest BCUT2D eigenvalue weighted by Gasteiger charge is -2.21. The number of Topliss-reactive ketones (excluding diaryl/α,β-unsaturated/α-hetero) is 1. The van der Waals surface area contributed by atoms with E-state index in [4.69, 9.17) is 0 Å². The van der Waals surface area contributed by atoms with E-state index in [1.165, 1.54) is 31.0 Å². The second-order valence-electron chi connectivity index (χ2n) is 6.25. The molecular weight excluding hydrogens is 310 g/mol. The molecule has 7 heteroatoms. The zero-order chi connectivity index (χ0) is 16.4. The smallest absolute Gasteiger partial charge is 0.210 e. The summed E-state index contributed by atoms with van der Waals surface area (Å²) in [6.07, 6.45) is 6.02. The van der Waals surface area contributed by atoms with Crippen molar-refractivity contribution in [2.45, 2.75) is 57.1 Å². The van der Waals surface area contributed by atoms with Crippen LogP contribution in [0.1, 0.15) is 59.9 Å². The Balaban J connectivity index is 1.67. The maximum atomic E-state index is 12.5. The van der Waals surface area contributed by atoms with Crippen molar-refractivity contribution >= 4 is 17.5 Å². The summed E-state index contributed by atoms with van der Waals surface area (Å²) >= 11 is 1.44. The quantitative estimate of drug-likeness (QED) is 0.621. The van der Waals surface area contributed by atoms with Crippen LogP contribution in [0.25, 0.3) is 0 Å². The van der Waals surface area contributed by atoms with Crippen LogP contribution in [0.4, 0.5) is 0 Å². The number of ketones is 1. The van der Waals surface area contributed by atoms with Crippen molar-refractivity contribution in [1.29, 1.82) is 0 Å². The Morgan fingerprint density at radius 1 is 1.30 bits per heavy atom. The minimum absolute atomic E-state index is 0.134. The fourth-order valence-electron chi connectivity index (χ4n) is 3.18. The summed E-state index contributed by atoms with van der Waals surface area (Å²) in [7, 11) is 1.98. The molecule has 1 saturated carbocycles. The van der Waals surface area contributed by atoms with E-state index in [0.717, 1.165) is 34.9 Å². The highest BCUT2D eigenvalue weighted by Gasteiger charge is 2.21. The first kappa shape index (κ1) is 16.2. The summed E-state index contributed by atoms with van der Waals surface area (Å²) in [4.78, 5) is 12.5. The highest BCUT2D eigenvalue weighted by atomic mass is 32.2. The monoisotopic (exact) mass is 333 g/mol. The van der Waals surface area contributed by atoms with E-state index in [1.54, 1.807) is 0 Å². The fourth-order valence-corrected chi connectivity index (χ4v) is 4.01. The molecule has 0 unspecified atom stereocenters. The summed E-state index contributed by atoms with van der Waals surface area (Å²) in [5, 5.41) is 12.8. The maximum Gasteiger partial charge on any atom is 0.210 e. The molecule has 0 atom stereocenters. The predicted molar refractivity (Wildman–Crippen MR) is 89.9 cm³/mol. The third-order valence-corrected chi connectivity index (χ3v) is 5.72. The van der Waals surface area contributed by atoms with E-state index in [1.807, 2.05) is 36.2 Å². The van der Waals surface area contributed by atoms with Gasteiger partial charge in [0.15, 0.2) is 5.78 Å². The van der Waals surface area contributed by atoms with Gasteiger partial charge in [0.05, 0.1) is 11.8 Å². The minimum Gasteiger partial charge on any atom is -0.351 e. The number of rotatable bonds is 5. The lowest BCUT2D eigenvalue weighted by atomic mass is 9.96. The molecule has 6 nitrogen and oxygen atoms in total. The van der Waals surface area contributed by atoms with Gasteiger partial charge in [0, 0.05) is 24.0 Å². The van der Waals surface area contributed by atoms with Crippen molar-refractivity contribution in [2.24, 2.45) is 7.05 Å². The van der Waals surface area contributed by atoms with Gasteiger partial charge in [-0.2, -0.15) is 0 Å². The van der Waals surface area contributed by atoms with E-state index in [2.05, 4.69) is 15.5 Å². The first-order valence-electron chi connectivity index (χ1n) is 8.14. The number of carbonyl (C=O) groups is 1. The molecule has 2 aromatic heterocycles. The molecule has 23 heavy (non-hydrogen) atoms. The van der Waals surface area contributed by atoms with Crippen molar-refractivity contribution in [3.05, 3.63) is 23.0 Å². The van der Waals surface area contributed by atoms with Crippen molar-refractivity contribution in [3.8, 4) is 0 Å². The molecule has 0 aromatic carbocycles. The van der Waals surface area contributed by atoms with Crippen LogP contribution in [0.3, 0.4) is 0 Å². The maximum absolute atomic E-state index is 12.5. The molecule has 1 fully saturated rings. The van der Waals surface area contributed by atoms with Crippen molar-refractivity contribution in [2.75, 3.05) is 5.75 Å². The molecule has 0 saturated heterocycles. The molecule has 0 N–H and O–H groups in total. The van der Waals surface area contributed by atoms with E-state index < -0.39 is 0 Å². The number of nitrogens with zero attached hydrogens (tertiary/aromatic N) is 5. The SMILES string of the molecule is Cc1cc(C(=O)CSc2nnnn2C2CCCCC2)c(C)n1C. The molecule has 0 radical (unpaired) electrons. The van der Waals surface area contributed by atoms with Crippen LogP contribution in [0, 0.1) is 13.8 Å². The molecule has 2 heterocycles. The van der Waals surface area contributed by atoms with Gasteiger partial charge in [-0.25, -0.2) is 4.68 Å². The van der Waals surface area contributed by atoms with E-state index in [0.29, 0.717) is 11.8 Å². The van der Waals surface area contributed by atoms with Crippen LogP contribution in [-0.4, -0.2) is 36.3 Å². The van der Waals surface area contributed by atoms with Gasteiger partial charge in [-0.3, -0.25) is 4.79 Å².